The summed E-state index contributed by atoms with van der Waals surface area (Å²) in [4.78, 5) is 29.7. The van der Waals surface area contributed by atoms with Gasteiger partial charge in [-0.3, -0.25) is 4.79 Å². The second-order valence-electron chi connectivity index (χ2n) is 14.9. The molecule has 0 radical (unpaired) electrons. The molecule has 0 bridgehead atoms. The van der Waals surface area contributed by atoms with Crippen LogP contribution in [0.15, 0.2) is 98.7 Å². The zero-order valence-corrected chi connectivity index (χ0v) is 35.2. The summed E-state index contributed by atoms with van der Waals surface area (Å²) in [6.45, 7) is 8.41. The molecule has 0 spiro atoms. The number of fused-ring (bicyclic) bond motifs is 1. The Morgan fingerprint density at radius 3 is 2.02 bits per heavy atom. The van der Waals surface area contributed by atoms with Crippen molar-refractivity contribution >= 4 is 38.4 Å². The zero-order chi connectivity index (χ0) is 41.0. The van der Waals surface area contributed by atoms with Crippen molar-refractivity contribution in [3.8, 4) is 11.3 Å². The number of carbonyl (C=O) groups excluding carboxylic acids is 2. The van der Waals surface area contributed by atoms with Gasteiger partial charge in [0.1, 0.15) is 11.5 Å². The molecule has 0 aliphatic carbocycles. The smallest absolute Gasteiger partial charge is 0.336 e. The molecule has 1 aromatic heterocycles. The van der Waals surface area contributed by atoms with Crippen LogP contribution in [-0.2, 0) is 24.3 Å². The van der Waals surface area contributed by atoms with Crippen LogP contribution >= 0.6 is 0 Å². The number of dihydropyridines is 1. The van der Waals surface area contributed by atoms with Gasteiger partial charge in [0, 0.05) is 71.7 Å². The number of hydrogen-bond donors (Lipinski definition) is 3. The largest absolute Gasteiger partial charge is 0.463 e. The van der Waals surface area contributed by atoms with Gasteiger partial charge >= 0.3 is 5.97 Å². The van der Waals surface area contributed by atoms with Gasteiger partial charge in [0.25, 0.3) is 0 Å². The molecule has 3 N–H and O–H groups in total. The highest BCUT2D eigenvalue weighted by Crippen LogP contribution is 2.44. The summed E-state index contributed by atoms with van der Waals surface area (Å²) in [5.74, 6) is -0.904. The number of unbranched alkanes of at least 4 members (excludes halogenated alkanes) is 9. The molecule has 5 rings (SSSR count). The van der Waals surface area contributed by atoms with Gasteiger partial charge in [0.05, 0.1) is 23.0 Å². The van der Waals surface area contributed by atoms with Crippen LogP contribution in [0.2, 0.25) is 0 Å². The molecule has 0 fully saturated rings. The Bertz CT molecular complexity index is 2170. The van der Waals surface area contributed by atoms with E-state index in [1.807, 2.05) is 94.4 Å². The molecule has 11 nitrogen and oxygen atoms in total. The topological polar surface area (TPSA) is 143 Å². The molecule has 57 heavy (non-hydrogen) atoms. The monoisotopic (exact) mass is 797 g/mol. The van der Waals surface area contributed by atoms with Gasteiger partial charge in [-0.05, 0) is 52.7 Å². The number of hydrogen-bond acceptors (Lipinski definition) is 9. The van der Waals surface area contributed by atoms with E-state index in [1.165, 1.54) is 0 Å². The minimum absolute atomic E-state index is 0.207. The lowest BCUT2D eigenvalue weighted by Gasteiger charge is -2.31. The zero-order valence-electron chi connectivity index (χ0n) is 34.4. The van der Waals surface area contributed by atoms with E-state index in [-0.39, 0.29) is 12.5 Å². The lowest BCUT2D eigenvalue weighted by atomic mass is 9.78. The highest BCUT2D eigenvalue weighted by atomic mass is 32.2. The summed E-state index contributed by atoms with van der Waals surface area (Å²) in [7, 11) is 0.300. The molecule has 3 aromatic carbocycles. The van der Waals surface area contributed by atoms with Crippen LogP contribution in [0.1, 0.15) is 102 Å². The molecule has 0 saturated carbocycles. The van der Waals surface area contributed by atoms with E-state index >= 15 is 0 Å². The van der Waals surface area contributed by atoms with Gasteiger partial charge in [0.2, 0.25) is 15.9 Å². The number of ether oxygens (including phenoxy) is 1. The van der Waals surface area contributed by atoms with Crippen molar-refractivity contribution in [3.63, 3.8) is 0 Å². The molecule has 1 amide bonds. The van der Waals surface area contributed by atoms with Crippen LogP contribution < -0.4 is 20.3 Å². The van der Waals surface area contributed by atoms with E-state index in [0.717, 1.165) is 86.2 Å². The first-order chi connectivity index (χ1) is 27.5. The quantitative estimate of drug-likeness (QED) is 0.0558. The Morgan fingerprint density at radius 1 is 0.772 bits per heavy atom. The SMILES string of the molecule is CCOC(=O)C1=C(C)NC(C)=C(C(=O)NCCCCCCCCCCCCNS(=O)(=O)c2cccc3c(N(C)C)cccc23)C1c1c(-c2ccccc2)noc1C. The Labute approximate surface area is 338 Å². The van der Waals surface area contributed by atoms with Gasteiger partial charge in [-0.15, -0.1) is 0 Å². The summed E-state index contributed by atoms with van der Waals surface area (Å²) in [5, 5.41) is 12.4. The van der Waals surface area contributed by atoms with Gasteiger partial charge in [-0.2, -0.15) is 0 Å². The van der Waals surface area contributed by atoms with Gasteiger partial charge in [-0.25, -0.2) is 17.9 Å². The molecule has 4 aromatic rings. The molecule has 1 unspecified atom stereocenters. The number of rotatable bonds is 21. The summed E-state index contributed by atoms with van der Waals surface area (Å²) in [6.07, 6.45) is 10.4. The minimum atomic E-state index is -3.61. The van der Waals surface area contributed by atoms with E-state index < -0.39 is 21.9 Å². The fraction of sp³-hybridized carbons (Fsp3) is 0.444. The number of allylic oxidation sites excluding steroid dienone is 2. The van der Waals surface area contributed by atoms with Crippen LogP contribution in [0.4, 0.5) is 5.69 Å². The number of aryl methyl sites for hydroxylation is 1. The van der Waals surface area contributed by atoms with Crippen molar-refractivity contribution in [2.45, 2.75) is 103 Å². The van der Waals surface area contributed by atoms with Crippen molar-refractivity contribution < 1.29 is 27.3 Å². The van der Waals surface area contributed by atoms with E-state index in [4.69, 9.17) is 9.26 Å². The fourth-order valence-corrected chi connectivity index (χ4v) is 9.01. The Kier molecular flexibility index (Phi) is 15.5. The molecule has 1 aliphatic rings. The number of carbonyl (C=O) groups is 2. The Morgan fingerprint density at radius 2 is 1.37 bits per heavy atom. The third-order valence-electron chi connectivity index (χ3n) is 10.6. The molecule has 1 aliphatic heterocycles. The summed E-state index contributed by atoms with van der Waals surface area (Å²) < 4.78 is 40.3. The van der Waals surface area contributed by atoms with Crippen molar-refractivity contribution in [2.24, 2.45) is 0 Å². The first-order valence-electron chi connectivity index (χ1n) is 20.3. The molecule has 2 heterocycles. The van der Waals surface area contributed by atoms with Crippen LogP contribution in [0.25, 0.3) is 22.0 Å². The number of aromatic nitrogens is 1. The Hall–Kier alpha value is -4.94. The van der Waals surface area contributed by atoms with E-state index in [0.29, 0.717) is 57.5 Å². The molecule has 12 heteroatoms. The number of nitrogens with one attached hydrogen (secondary N) is 3. The maximum atomic E-state index is 13.9. The molecule has 1 atom stereocenters. The predicted molar refractivity (Wildman–Crippen MR) is 227 cm³/mol. The minimum Gasteiger partial charge on any atom is -0.463 e. The first-order valence-corrected chi connectivity index (χ1v) is 21.8. The summed E-state index contributed by atoms with van der Waals surface area (Å²) in [5.41, 5.74) is 5.21. The van der Waals surface area contributed by atoms with Gasteiger partial charge < -0.3 is 24.8 Å². The van der Waals surface area contributed by atoms with E-state index in [1.54, 1.807) is 19.1 Å². The highest BCUT2D eigenvalue weighted by molar-refractivity contribution is 7.89. The van der Waals surface area contributed by atoms with Crippen LogP contribution in [0, 0.1) is 6.92 Å². The Balaban J connectivity index is 1.02. The second-order valence-corrected chi connectivity index (χ2v) is 16.7. The highest BCUT2D eigenvalue weighted by Gasteiger charge is 2.41. The second kappa shape index (κ2) is 20.5. The first kappa shape index (κ1) is 43.2. The number of benzene rings is 3. The number of sulfonamides is 1. The molecule has 306 valence electrons. The lowest BCUT2D eigenvalue weighted by Crippen LogP contribution is -2.37. The van der Waals surface area contributed by atoms with E-state index in [9.17, 15) is 18.0 Å². The molecular weight excluding hydrogens is 739 g/mol. The summed E-state index contributed by atoms with van der Waals surface area (Å²) in [6, 6.07) is 20.8. The number of amides is 1. The molecular formula is C45H59N5O6S. The lowest BCUT2D eigenvalue weighted by molar-refractivity contribution is -0.138. The fourth-order valence-electron chi connectivity index (χ4n) is 7.72. The maximum absolute atomic E-state index is 13.9. The standard InChI is InChI=1S/C45H59N5O6S/c1-7-55-45(52)40-32(3)48-31(2)39(42(40)41-33(4)56-49-43(41)34-23-17-16-18-24-34)44(51)46-29-19-14-12-10-8-9-11-13-15-20-30-47-57(53,54)38-28-22-25-35-36(38)26-21-27-37(35)50(5)6/h16-18,21-28,42,47-48H,7-15,19-20,29-30H2,1-6H3,(H,46,51). The van der Waals surface area contributed by atoms with Crippen LogP contribution in [-0.4, -0.2) is 59.2 Å². The van der Waals surface area contributed by atoms with E-state index in [2.05, 4.69) is 20.5 Å². The third kappa shape index (κ3) is 10.7. The number of esters is 1. The van der Waals surface area contributed by atoms with Crippen LogP contribution in [0.3, 0.4) is 0 Å². The van der Waals surface area contributed by atoms with Gasteiger partial charge in [0.15, 0.2) is 0 Å². The van der Waals surface area contributed by atoms with Gasteiger partial charge in [-0.1, -0.05) is 111 Å². The van der Waals surface area contributed by atoms with Crippen molar-refractivity contribution in [2.75, 3.05) is 38.7 Å². The predicted octanol–water partition coefficient (Wildman–Crippen LogP) is 8.66. The average molecular weight is 798 g/mol. The van der Waals surface area contributed by atoms with Crippen molar-refractivity contribution in [1.82, 2.24) is 20.5 Å². The average Bonchev–Trinajstić information content (AvgIpc) is 3.57. The number of anilines is 1. The normalized spacial score (nSPS) is 14.5. The third-order valence-corrected chi connectivity index (χ3v) is 12.1. The summed E-state index contributed by atoms with van der Waals surface area (Å²) >= 11 is 0. The van der Waals surface area contributed by atoms with Crippen LogP contribution in [0.5, 0.6) is 0 Å². The maximum Gasteiger partial charge on any atom is 0.336 e. The number of nitrogens with zero attached hydrogens (tertiary/aromatic N) is 2. The van der Waals surface area contributed by atoms with Crippen molar-refractivity contribution in [1.29, 1.82) is 0 Å². The molecule has 0 saturated heterocycles. The van der Waals surface area contributed by atoms with Crippen molar-refractivity contribution in [3.05, 3.63) is 101 Å².